The molecule has 0 saturated heterocycles. The number of hydrogen-bond donors (Lipinski definition) is 5. The van der Waals surface area contributed by atoms with Crippen molar-refractivity contribution in [2.45, 2.75) is 39.0 Å². The average Bonchev–Trinajstić information content (AvgIpc) is 2.66. The van der Waals surface area contributed by atoms with Gasteiger partial charge in [-0.05, 0) is 31.0 Å². The van der Waals surface area contributed by atoms with Gasteiger partial charge in [-0.25, -0.2) is 0 Å². The summed E-state index contributed by atoms with van der Waals surface area (Å²) in [6.45, 7) is 2.07. The van der Waals surface area contributed by atoms with Gasteiger partial charge in [0, 0.05) is 17.2 Å². The summed E-state index contributed by atoms with van der Waals surface area (Å²) < 4.78 is 5.55. The fraction of sp³-hybridized carbons (Fsp3) is 0.286. The van der Waals surface area contributed by atoms with E-state index in [-0.39, 0.29) is 39.4 Å². The third-order valence-electron chi connectivity index (χ3n) is 4.73. The maximum absolute atomic E-state index is 12.7. The minimum atomic E-state index is -0.851. The van der Waals surface area contributed by atoms with Gasteiger partial charge in [0.1, 0.15) is 22.5 Å². The van der Waals surface area contributed by atoms with Crippen LogP contribution in [0.25, 0.3) is 22.3 Å². The van der Waals surface area contributed by atoms with Crippen LogP contribution in [-0.4, -0.2) is 25.5 Å². The zero-order valence-electron chi connectivity index (χ0n) is 15.4. The fourth-order valence-electron chi connectivity index (χ4n) is 3.19. The van der Waals surface area contributed by atoms with E-state index in [0.29, 0.717) is 6.42 Å². The molecule has 7 nitrogen and oxygen atoms in total. The van der Waals surface area contributed by atoms with Crippen LogP contribution < -0.4 is 5.43 Å². The first-order valence-electron chi connectivity index (χ1n) is 9.11. The second kappa shape index (κ2) is 7.72. The predicted octanol–water partition coefficient (Wildman–Crippen LogP) is 4.11. The molecule has 0 aliphatic carbocycles. The van der Waals surface area contributed by atoms with Crippen LogP contribution in [-0.2, 0) is 6.42 Å². The van der Waals surface area contributed by atoms with Crippen molar-refractivity contribution >= 4 is 11.0 Å². The van der Waals surface area contributed by atoms with E-state index in [0.717, 1.165) is 31.7 Å². The zero-order chi connectivity index (χ0) is 20.4. The highest BCUT2D eigenvalue weighted by Crippen LogP contribution is 2.40. The molecule has 0 spiro atoms. The summed E-state index contributed by atoms with van der Waals surface area (Å²) in [5, 5.41) is 50.0. The molecule has 3 aromatic rings. The largest absolute Gasteiger partial charge is 0.507 e. The van der Waals surface area contributed by atoms with Gasteiger partial charge in [0.05, 0.1) is 0 Å². The number of phenols is 4. The number of benzene rings is 2. The topological polar surface area (TPSA) is 131 Å². The van der Waals surface area contributed by atoms with Crippen LogP contribution in [0, 0.1) is 0 Å². The molecule has 0 atom stereocenters. The van der Waals surface area contributed by atoms with Crippen LogP contribution in [0.15, 0.2) is 33.5 Å². The van der Waals surface area contributed by atoms with Crippen LogP contribution in [0.1, 0.15) is 38.2 Å². The van der Waals surface area contributed by atoms with Crippen molar-refractivity contribution in [3.8, 4) is 40.1 Å². The average molecular weight is 386 g/mol. The molecule has 3 rings (SSSR count). The predicted molar refractivity (Wildman–Crippen MR) is 104 cm³/mol. The number of phenolic OH excluding ortho intramolecular Hbond substituents is 4. The molecule has 1 heterocycles. The lowest BCUT2D eigenvalue weighted by Gasteiger charge is -2.12. The summed E-state index contributed by atoms with van der Waals surface area (Å²) >= 11 is 0. The number of rotatable bonds is 6. The molecule has 148 valence electrons. The standard InChI is InChI=1S/C21H22O7/c1-2-3-4-5-6-12-14(23)10-16-17(18(12)25)19(26)20(27)21(28-16)11-7-8-13(22)15(24)9-11/h7-10,22-25,27H,2-6H2,1H3. The zero-order valence-corrected chi connectivity index (χ0v) is 15.4. The minimum Gasteiger partial charge on any atom is -0.507 e. The Bertz CT molecular complexity index is 1080. The van der Waals surface area contributed by atoms with E-state index in [4.69, 9.17) is 4.42 Å². The Balaban J connectivity index is 2.13. The van der Waals surface area contributed by atoms with E-state index in [2.05, 4.69) is 6.92 Å². The van der Waals surface area contributed by atoms with Crippen molar-refractivity contribution in [1.29, 1.82) is 0 Å². The summed E-state index contributed by atoms with van der Waals surface area (Å²) in [5.41, 5.74) is -0.562. The van der Waals surface area contributed by atoms with E-state index in [1.54, 1.807) is 0 Å². The molecule has 0 radical (unpaired) electrons. The first-order valence-corrected chi connectivity index (χ1v) is 9.11. The Labute approximate surface area is 160 Å². The van der Waals surface area contributed by atoms with Gasteiger partial charge in [0.2, 0.25) is 11.2 Å². The number of fused-ring (bicyclic) bond motifs is 1. The number of aromatic hydroxyl groups is 5. The van der Waals surface area contributed by atoms with E-state index >= 15 is 0 Å². The smallest absolute Gasteiger partial charge is 0.238 e. The van der Waals surface area contributed by atoms with Gasteiger partial charge in [-0.1, -0.05) is 26.2 Å². The highest BCUT2D eigenvalue weighted by molar-refractivity contribution is 5.89. The van der Waals surface area contributed by atoms with Crippen molar-refractivity contribution in [2.24, 2.45) is 0 Å². The molecule has 5 N–H and O–H groups in total. The lowest BCUT2D eigenvalue weighted by atomic mass is 10.0. The number of hydrogen-bond acceptors (Lipinski definition) is 7. The van der Waals surface area contributed by atoms with Gasteiger partial charge in [0.25, 0.3) is 0 Å². The molecule has 28 heavy (non-hydrogen) atoms. The van der Waals surface area contributed by atoms with Crippen molar-refractivity contribution in [1.82, 2.24) is 0 Å². The Hall–Kier alpha value is -3.35. The van der Waals surface area contributed by atoms with Gasteiger partial charge >= 0.3 is 0 Å². The highest BCUT2D eigenvalue weighted by Gasteiger charge is 2.22. The summed E-state index contributed by atoms with van der Waals surface area (Å²) in [4.78, 5) is 12.7. The molecule has 7 heteroatoms. The van der Waals surface area contributed by atoms with Crippen LogP contribution in [0.2, 0.25) is 0 Å². The summed E-state index contributed by atoms with van der Waals surface area (Å²) in [6.07, 6.45) is 4.13. The van der Waals surface area contributed by atoms with Gasteiger partial charge in [-0.3, -0.25) is 4.79 Å². The van der Waals surface area contributed by atoms with Crippen molar-refractivity contribution in [3.05, 3.63) is 40.1 Å². The van der Waals surface area contributed by atoms with Crippen molar-refractivity contribution in [3.63, 3.8) is 0 Å². The van der Waals surface area contributed by atoms with E-state index < -0.39 is 22.7 Å². The van der Waals surface area contributed by atoms with E-state index in [1.807, 2.05) is 0 Å². The molecule has 0 aliphatic rings. The molecule has 0 aliphatic heterocycles. The molecular formula is C21H22O7. The van der Waals surface area contributed by atoms with Crippen LogP contribution in [0.5, 0.6) is 28.7 Å². The van der Waals surface area contributed by atoms with Crippen molar-refractivity contribution in [2.75, 3.05) is 0 Å². The summed E-state index contributed by atoms with van der Waals surface area (Å²) in [5.74, 6) is -2.41. The molecule has 0 saturated carbocycles. The summed E-state index contributed by atoms with van der Waals surface area (Å²) in [6, 6.07) is 4.89. The maximum atomic E-state index is 12.7. The SMILES string of the molecule is CCCCCCc1c(O)cc2oc(-c3ccc(O)c(O)c3)c(O)c(=O)c2c1O. The third-order valence-corrected chi connectivity index (χ3v) is 4.73. The van der Waals surface area contributed by atoms with Crippen LogP contribution in [0.3, 0.4) is 0 Å². The monoisotopic (exact) mass is 386 g/mol. The van der Waals surface area contributed by atoms with E-state index in [9.17, 15) is 30.3 Å². The van der Waals surface area contributed by atoms with Crippen LogP contribution >= 0.6 is 0 Å². The second-order valence-corrected chi connectivity index (χ2v) is 6.72. The Kier molecular flexibility index (Phi) is 5.35. The molecule has 0 bridgehead atoms. The van der Waals surface area contributed by atoms with Gasteiger partial charge in [-0.15, -0.1) is 0 Å². The maximum Gasteiger partial charge on any atom is 0.238 e. The third kappa shape index (κ3) is 3.43. The quantitative estimate of drug-likeness (QED) is 0.318. The normalized spacial score (nSPS) is 11.2. The van der Waals surface area contributed by atoms with Gasteiger partial charge in [-0.2, -0.15) is 0 Å². The first-order chi connectivity index (χ1) is 13.3. The Morgan fingerprint density at radius 2 is 1.61 bits per heavy atom. The first kappa shape index (κ1) is 19.4. The second-order valence-electron chi connectivity index (χ2n) is 6.72. The lowest BCUT2D eigenvalue weighted by Crippen LogP contribution is -2.04. The highest BCUT2D eigenvalue weighted by atomic mass is 16.4. The Morgan fingerprint density at radius 1 is 0.857 bits per heavy atom. The molecular weight excluding hydrogens is 364 g/mol. The van der Waals surface area contributed by atoms with Crippen molar-refractivity contribution < 1.29 is 29.9 Å². The minimum absolute atomic E-state index is 0.0994. The summed E-state index contributed by atoms with van der Waals surface area (Å²) in [7, 11) is 0. The molecule has 0 unspecified atom stereocenters. The van der Waals surface area contributed by atoms with E-state index in [1.165, 1.54) is 18.2 Å². The molecule has 1 aromatic heterocycles. The molecule has 0 amide bonds. The Morgan fingerprint density at radius 3 is 2.29 bits per heavy atom. The molecule has 0 fully saturated rings. The lowest BCUT2D eigenvalue weighted by molar-refractivity contribution is 0.403. The number of unbranched alkanes of at least 4 members (excludes halogenated alkanes) is 3. The van der Waals surface area contributed by atoms with Crippen LogP contribution in [0.4, 0.5) is 0 Å². The molecule has 2 aromatic carbocycles. The van der Waals surface area contributed by atoms with Gasteiger partial charge in [0.15, 0.2) is 17.3 Å². The fourth-order valence-corrected chi connectivity index (χ4v) is 3.19. The van der Waals surface area contributed by atoms with Gasteiger partial charge < -0.3 is 29.9 Å².